The molecule has 0 aromatic heterocycles. The molecular weight excluding hydrogens is 218 g/mol. The highest BCUT2D eigenvalue weighted by Crippen LogP contribution is 2.22. The monoisotopic (exact) mass is 237 g/mol. The third-order valence-corrected chi connectivity index (χ3v) is 3.20. The Hall–Kier alpha value is -1.10. The summed E-state index contributed by atoms with van der Waals surface area (Å²) in [4.78, 5) is 2.32. The number of morpholine rings is 1. The SMILES string of the molecule is OCc1cccc(O)c1CCN1CCOCC1. The van der Waals surface area contributed by atoms with Gasteiger partial charge in [0.1, 0.15) is 5.75 Å². The number of hydrogen-bond acceptors (Lipinski definition) is 4. The molecule has 0 spiro atoms. The molecule has 0 radical (unpaired) electrons. The molecule has 1 aliphatic heterocycles. The number of benzene rings is 1. The summed E-state index contributed by atoms with van der Waals surface area (Å²) >= 11 is 0. The first kappa shape index (κ1) is 12.4. The Morgan fingerprint density at radius 3 is 2.71 bits per heavy atom. The van der Waals surface area contributed by atoms with Gasteiger partial charge in [-0.15, -0.1) is 0 Å². The van der Waals surface area contributed by atoms with Gasteiger partial charge in [0.05, 0.1) is 19.8 Å². The van der Waals surface area contributed by atoms with E-state index in [2.05, 4.69) is 4.90 Å². The van der Waals surface area contributed by atoms with Gasteiger partial charge < -0.3 is 14.9 Å². The summed E-state index contributed by atoms with van der Waals surface area (Å²) in [6.07, 6.45) is 0.766. The lowest BCUT2D eigenvalue weighted by atomic mass is 10.0. The van der Waals surface area contributed by atoms with Crippen LogP contribution in [-0.4, -0.2) is 48.0 Å². The molecule has 2 rings (SSSR count). The van der Waals surface area contributed by atoms with E-state index in [0.717, 1.165) is 50.4 Å². The van der Waals surface area contributed by atoms with E-state index in [9.17, 15) is 10.2 Å². The fraction of sp³-hybridized carbons (Fsp3) is 0.538. The Balaban J connectivity index is 1.97. The summed E-state index contributed by atoms with van der Waals surface area (Å²) in [6.45, 7) is 4.34. The molecule has 17 heavy (non-hydrogen) atoms. The summed E-state index contributed by atoms with van der Waals surface area (Å²) in [7, 11) is 0. The van der Waals surface area contributed by atoms with Crippen LogP contribution in [0.2, 0.25) is 0 Å². The molecule has 1 fully saturated rings. The van der Waals surface area contributed by atoms with Gasteiger partial charge in [-0.1, -0.05) is 12.1 Å². The second kappa shape index (κ2) is 6.00. The van der Waals surface area contributed by atoms with Crippen LogP contribution >= 0.6 is 0 Å². The highest BCUT2D eigenvalue weighted by atomic mass is 16.5. The number of aliphatic hydroxyl groups excluding tert-OH is 1. The normalized spacial score (nSPS) is 17.2. The van der Waals surface area contributed by atoms with Crippen molar-refractivity contribution in [1.82, 2.24) is 4.90 Å². The van der Waals surface area contributed by atoms with Crippen molar-refractivity contribution >= 4 is 0 Å². The molecule has 4 heteroatoms. The van der Waals surface area contributed by atoms with E-state index in [0.29, 0.717) is 0 Å². The van der Waals surface area contributed by atoms with Crippen molar-refractivity contribution < 1.29 is 14.9 Å². The highest BCUT2D eigenvalue weighted by Gasteiger charge is 2.12. The molecule has 0 amide bonds. The maximum atomic E-state index is 9.80. The van der Waals surface area contributed by atoms with Crippen LogP contribution in [0.25, 0.3) is 0 Å². The van der Waals surface area contributed by atoms with Crippen molar-refractivity contribution in [2.75, 3.05) is 32.8 Å². The molecule has 0 unspecified atom stereocenters. The Bertz CT molecular complexity index is 362. The van der Waals surface area contributed by atoms with Gasteiger partial charge in [-0.3, -0.25) is 4.90 Å². The minimum Gasteiger partial charge on any atom is -0.508 e. The van der Waals surface area contributed by atoms with E-state index in [1.165, 1.54) is 0 Å². The summed E-state index contributed by atoms with van der Waals surface area (Å²) in [5, 5.41) is 19.0. The van der Waals surface area contributed by atoms with Crippen molar-refractivity contribution in [2.45, 2.75) is 13.0 Å². The van der Waals surface area contributed by atoms with Gasteiger partial charge in [0, 0.05) is 25.2 Å². The summed E-state index contributed by atoms with van der Waals surface area (Å²) in [6, 6.07) is 5.29. The number of phenolic OH excluding ortho intramolecular Hbond substituents is 1. The molecule has 0 atom stereocenters. The van der Waals surface area contributed by atoms with Crippen LogP contribution in [-0.2, 0) is 17.8 Å². The van der Waals surface area contributed by atoms with Crippen LogP contribution in [0, 0.1) is 0 Å². The minimum atomic E-state index is -0.0210. The minimum absolute atomic E-state index is 0.0210. The van der Waals surface area contributed by atoms with Gasteiger partial charge in [-0.2, -0.15) is 0 Å². The molecule has 0 saturated carbocycles. The zero-order chi connectivity index (χ0) is 12.1. The van der Waals surface area contributed by atoms with E-state index < -0.39 is 0 Å². The van der Waals surface area contributed by atoms with Crippen molar-refractivity contribution in [2.24, 2.45) is 0 Å². The molecule has 0 bridgehead atoms. The first-order chi connectivity index (χ1) is 8.31. The number of ether oxygens (including phenoxy) is 1. The average molecular weight is 237 g/mol. The van der Waals surface area contributed by atoms with Crippen molar-refractivity contribution in [3.8, 4) is 5.75 Å². The Morgan fingerprint density at radius 2 is 2.00 bits per heavy atom. The Morgan fingerprint density at radius 1 is 1.24 bits per heavy atom. The molecule has 1 aromatic rings. The quantitative estimate of drug-likeness (QED) is 0.811. The smallest absolute Gasteiger partial charge is 0.119 e. The fourth-order valence-corrected chi connectivity index (χ4v) is 2.15. The van der Waals surface area contributed by atoms with E-state index in [1.54, 1.807) is 12.1 Å². The second-order valence-electron chi connectivity index (χ2n) is 4.28. The summed E-state index contributed by atoms with van der Waals surface area (Å²) in [5.74, 6) is 0.282. The van der Waals surface area contributed by atoms with Crippen LogP contribution in [0.5, 0.6) is 5.75 Å². The second-order valence-corrected chi connectivity index (χ2v) is 4.28. The maximum Gasteiger partial charge on any atom is 0.119 e. The van der Waals surface area contributed by atoms with Gasteiger partial charge in [-0.05, 0) is 18.1 Å². The van der Waals surface area contributed by atoms with E-state index in [1.807, 2.05) is 6.07 Å². The Labute approximate surface area is 101 Å². The maximum absolute atomic E-state index is 9.80. The standard InChI is InChI=1S/C13H19NO3/c15-10-11-2-1-3-13(16)12(11)4-5-14-6-8-17-9-7-14/h1-3,15-16H,4-10H2. The van der Waals surface area contributed by atoms with Crippen LogP contribution in [0.15, 0.2) is 18.2 Å². The van der Waals surface area contributed by atoms with Gasteiger partial charge in [0.2, 0.25) is 0 Å². The van der Waals surface area contributed by atoms with Crippen molar-refractivity contribution in [1.29, 1.82) is 0 Å². The van der Waals surface area contributed by atoms with E-state index >= 15 is 0 Å². The number of aliphatic hydroxyl groups is 1. The lowest BCUT2D eigenvalue weighted by Crippen LogP contribution is -2.37. The van der Waals surface area contributed by atoms with Crippen LogP contribution in [0.4, 0.5) is 0 Å². The van der Waals surface area contributed by atoms with Crippen molar-refractivity contribution in [3.05, 3.63) is 29.3 Å². The first-order valence-corrected chi connectivity index (χ1v) is 6.02. The van der Waals surface area contributed by atoms with Crippen LogP contribution in [0.1, 0.15) is 11.1 Å². The molecule has 94 valence electrons. The van der Waals surface area contributed by atoms with Gasteiger partial charge in [0.25, 0.3) is 0 Å². The first-order valence-electron chi connectivity index (χ1n) is 6.02. The van der Waals surface area contributed by atoms with Crippen LogP contribution in [0.3, 0.4) is 0 Å². The molecule has 0 aliphatic carbocycles. The fourth-order valence-electron chi connectivity index (χ4n) is 2.15. The number of aromatic hydroxyl groups is 1. The topological polar surface area (TPSA) is 52.9 Å². The molecular formula is C13H19NO3. The molecule has 1 saturated heterocycles. The number of nitrogens with zero attached hydrogens (tertiary/aromatic N) is 1. The van der Waals surface area contributed by atoms with Gasteiger partial charge in [0.15, 0.2) is 0 Å². The predicted molar refractivity (Wildman–Crippen MR) is 65.0 cm³/mol. The number of phenols is 1. The van der Waals surface area contributed by atoms with E-state index in [-0.39, 0.29) is 12.4 Å². The number of rotatable bonds is 4. The lowest BCUT2D eigenvalue weighted by molar-refractivity contribution is 0.0383. The zero-order valence-electron chi connectivity index (χ0n) is 9.93. The largest absolute Gasteiger partial charge is 0.508 e. The summed E-state index contributed by atoms with van der Waals surface area (Å²) < 4.78 is 5.29. The van der Waals surface area contributed by atoms with Crippen molar-refractivity contribution in [3.63, 3.8) is 0 Å². The third-order valence-electron chi connectivity index (χ3n) is 3.20. The zero-order valence-corrected chi connectivity index (χ0v) is 9.93. The summed E-state index contributed by atoms with van der Waals surface area (Å²) in [5.41, 5.74) is 1.68. The average Bonchev–Trinajstić information content (AvgIpc) is 2.38. The lowest BCUT2D eigenvalue weighted by Gasteiger charge is -2.26. The molecule has 2 N–H and O–H groups in total. The third kappa shape index (κ3) is 3.19. The number of hydrogen-bond donors (Lipinski definition) is 2. The van der Waals surface area contributed by atoms with Crippen LogP contribution < -0.4 is 0 Å². The van der Waals surface area contributed by atoms with Gasteiger partial charge in [-0.25, -0.2) is 0 Å². The van der Waals surface area contributed by atoms with E-state index in [4.69, 9.17) is 4.74 Å². The molecule has 1 aromatic carbocycles. The highest BCUT2D eigenvalue weighted by molar-refractivity contribution is 5.39. The molecule has 1 aliphatic rings. The predicted octanol–water partition coefficient (Wildman–Crippen LogP) is 0.759. The van der Waals surface area contributed by atoms with Gasteiger partial charge >= 0.3 is 0 Å². The molecule has 1 heterocycles. The molecule has 4 nitrogen and oxygen atoms in total. The Kier molecular flexibility index (Phi) is 4.36.